The van der Waals surface area contributed by atoms with Gasteiger partial charge in [0, 0.05) is 38.7 Å². The van der Waals surface area contributed by atoms with E-state index in [0.717, 1.165) is 44.6 Å². The number of nitrogens with one attached hydrogen (secondary N) is 1. The molecule has 1 aromatic rings. The second-order valence-corrected chi connectivity index (χ2v) is 8.03. The molecule has 1 aliphatic heterocycles. The molecule has 3 rings (SSSR count). The van der Waals surface area contributed by atoms with Crippen LogP contribution in [0.15, 0.2) is 4.99 Å². The van der Waals surface area contributed by atoms with E-state index >= 15 is 0 Å². The number of hydrogen-bond donors (Lipinski definition) is 1. The first-order valence-electron chi connectivity index (χ1n) is 9.23. The molecule has 1 fully saturated rings. The van der Waals surface area contributed by atoms with Crippen molar-refractivity contribution >= 4 is 41.3 Å². The van der Waals surface area contributed by atoms with Gasteiger partial charge >= 0.3 is 0 Å². The molecule has 0 amide bonds. The van der Waals surface area contributed by atoms with Crippen molar-refractivity contribution in [1.29, 1.82) is 0 Å². The number of aryl methyl sites for hydroxylation is 2. The molecule has 0 unspecified atom stereocenters. The lowest BCUT2D eigenvalue weighted by Gasteiger charge is -2.24. The number of nitrogens with zero attached hydrogens (tertiary/aromatic N) is 3. The van der Waals surface area contributed by atoms with Gasteiger partial charge in [-0.3, -0.25) is 4.99 Å². The maximum Gasteiger partial charge on any atom is 0.193 e. The van der Waals surface area contributed by atoms with E-state index < -0.39 is 0 Å². The van der Waals surface area contributed by atoms with Crippen molar-refractivity contribution in [2.24, 2.45) is 10.9 Å². The van der Waals surface area contributed by atoms with Gasteiger partial charge in [0.2, 0.25) is 0 Å². The third-order valence-corrected chi connectivity index (χ3v) is 6.15. The molecule has 1 saturated heterocycles. The Morgan fingerprint density at radius 3 is 2.80 bits per heavy atom. The summed E-state index contributed by atoms with van der Waals surface area (Å²) in [4.78, 5) is 13.0. The predicted octanol–water partition coefficient (Wildman–Crippen LogP) is 3.46. The molecule has 0 radical (unpaired) electrons. The van der Waals surface area contributed by atoms with Gasteiger partial charge in [0.15, 0.2) is 5.96 Å². The van der Waals surface area contributed by atoms with Gasteiger partial charge < -0.3 is 15.0 Å². The van der Waals surface area contributed by atoms with Gasteiger partial charge in [-0.25, -0.2) is 4.98 Å². The van der Waals surface area contributed by atoms with Crippen molar-refractivity contribution in [3.8, 4) is 0 Å². The van der Waals surface area contributed by atoms with Crippen LogP contribution in [0.1, 0.15) is 47.7 Å². The molecular weight excluding hydrogens is 447 g/mol. The van der Waals surface area contributed by atoms with E-state index in [4.69, 9.17) is 9.72 Å². The van der Waals surface area contributed by atoms with Gasteiger partial charge in [-0.15, -0.1) is 35.3 Å². The lowest BCUT2D eigenvalue weighted by molar-refractivity contribution is 0.0643. The molecular formula is C18H31IN4OS. The normalized spacial score (nSPS) is 18.4. The third kappa shape index (κ3) is 6.06. The fourth-order valence-corrected chi connectivity index (χ4v) is 4.77. The minimum Gasteiger partial charge on any atom is -0.381 e. The van der Waals surface area contributed by atoms with Crippen molar-refractivity contribution in [3.05, 3.63) is 15.6 Å². The molecule has 25 heavy (non-hydrogen) atoms. The molecule has 2 heterocycles. The van der Waals surface area contributed by atoms with Crippen molar-refractivity contribution < 1.29 is 4.74 Å². The van der Waals surface area contributed by atoms with Crippen molar-refractivity contribution in [2.75, 3.05) is 33.9 Å². The van der Waals surface area contributed by atoms with E-state index in [2.05, 4.69) is 22.3 Å². The highest BCUT2D eigenvalue weighted by molar-refractivity contribution is 14.0. The summed E-state index contributed by atoms with van der Waals surface area (Å²) < 4.78 is 5.43. The van der Waals surface area contributed by atoms with Crippen LogP contribution in [0.5, 0.6) is 0 Å². The van der Waals surface area contributed by atoms with E-state index in [1.807, 2.05) is 18.4 Å². The van der Waals surface area contributed by atoms with E-state index in [9.17, 15) is 0 Å². The molecule has 0 saturated carbocycles. The van der Waals surface area contributed by atoms with E-state index in [0.29, 0.717) is 0 Å². The topological polar surface area (TPSA) is 49.8 Å². The summed E-state index contributed by atoms with van der Waals surface area (Å²) in [6, 6.07) is 0. The number of halogens is 1. The molecule has 0 bridgehead atoms. The second-order valence-electron chi connectivity index (χ2n) is 6.86. The average molecular weight is 478 g/mol. The van der Waals surface area contributed by atoms with Crippen LogP contribution in [-0.4, -0.2) is 49.7 Å². The molecule has 1 aliphatic carbocycles. The quantitative estimate of drug-likeness (QED) is 0.400. The Hall–Kier alpha value is -0.410. The predicted molar refractivity (Wildman–Crippen MR) is 115 cm³/mol. The number of thiazole rings is 1. The number of ether oxygens (including phenoxy) is 1. The van der Waals surface area contributed by atoms with Crippen molar-refractivity contribution in [1.82, 2.24) is 15.2 Å². The van der Waals surface area contributed by atoms with Gasteiger partial charge in [-0.1, -0.05) is 0 Å². The second kappa shape index (κ2) is 10.7. The molecule has 5 nitrogen and oxygen atoms in total. The first kappa shape index (κ1) is 20.9. The molecule has 0 spiro atoms. The Morgan fingerprint density at radius 1 is 1.32 bits per heavy atom. The SMILES string of the molecule is CN=C(NCCC1CCOCC1)N(C)Cc1nc2c(s1)CCCC2.I. The van der Waals surface area contributed by atoms with Crippen LogP contribution in [0.25, 0.3) is 0 Å². The van der Waals surface area contributed by atoms with E-state index in [-0.39, 0.29) is 24.0 Å². The number of rotatable bonds is 5. The lowest BCUT2D eigenvalue weighted by atomic mass is 9.97. The van der Waals surface area contributed by atoms with Crippen LogP contribution in [0.4, 0.5) is 0 Å². The van der Waals surface area contributed by atoms with E-state index in [1.165, 1.54) is 54.1 Å². The molecule has 1 N–H and O–H groups in total. The zero-order valence-corrected chi connectivity index (χ0v) is 18.6. The van der Waals surface area contributed by atoms with E-state index in [1.54, 1.807) is 0 Å². The molecule has 0 atom stereocenters. The Morgan fingerprint density at radius 2 is 2.08 bits per heavy atom. The first-order chi connectivity index (χ1) is 11.8. The van der Waals surface area contributed by atoms with Gasteiger partial charge in [-0.05, 0) is 50.9 Å². The van der Waals surface area contributed by atoms with Crippen LogP contribution < -0.4 is 5.32 Å². The summed E-state index contributed by atoms with van der Waals surface area (Å²) >= 11 is 1.89. The summed E-state index contributed by atoms with van der Waals surface area (Å²) in [6.45, 7) is 3.67. The molecule has 7 heteroatoms. The Bertz CT molecular complexity index is 534. The number of aromatic nitrogens is 1. The third-order valence-electron chi connectivity index (χ3n) is 5.01. The van der Waals surface area contributed by atoms with Crippen LogP contribution in [0, 0.1) is 5.92 Å². The van der Waals surface area contributed by atoms with Crippen molar-refractivity contribution in [3.63, 3.8) is 0 Å². The maximum absolute atomic E-state index is 5.43. The summed E-state index contributed by atoms with van der Waals surface area (Å²) in [5.41, 5.74) is 1.34. The zero-order chi connectivity index (χ0) is 16.8. The zero-order valence-electron chi connectivity index (χ0n) is 15.4. The number of fused-ring (bicyclic) bond motifs is 1. The number of aliphatic imine (C=N–C) groups is 1. The summed E-state index contributed by atoms with van der Waals surface area (Å²) in [5.74, 6) is 1.76. The summed E-state index contributed by atoms with van der Waals surface area (Å²) in [6.07, 6.45) is 8.58. The first-order valence-corrected chi connectivity index (χ1v) is 10.0. The molecule has 142 valence electrons. The average Bonchev–Trinajstić information content (AvgIpc) is 3.01. The lowest BCUT2D eigenvalue weighted by Crippen LogP contribution is -2.39. The fourth-order valence-electron chi connectivity index (χ4n) is 3.56. The van der Waals surface area contributed by atoms with Gasteiger partial charge in [0.1, 0.15) is 5.01 Å². The van der Waals surface area contributed by atoms with Crippen LogP contribution in [-0.2, 0) is 24.1 Å². The Labute approximate surface area is 172 Å². The molecule has 0 aromatic carbocycles. The van der Waals surface area contributed by atoms with Gasteiger partial charge in [-0.2, -0.15) is 0 Å². The highest BCUT2D eigenvalue weighted by Gasteiger charge is 2.17. The smallest absolute Gasteiger partial charge is 0.193 e. The van der Waals surface area contributed by atoms with Crippen LogP contribution in [0.3, 0.4) is 0 Å². The highest BCUT2D eigenvalue weighted by atomic mass is 127. The Balaban J connectivity index is 0.00000225. The maximum atomic E-state index is 5.43. The van der Waals surface area contributed by atoms with Crippen LogP contribution >= 0.6 is 35.3 Å². The number of hydrogen-bond acceptors (Lipinski definition) is 4. The number of guanidine groups is 1. The highest BCUT2D eigenvalue weighted by Crippen LogP contribution is 2.27. The largest absolute Gasteiger partial charge is 0.381 e. The molecule has 2 aliphatic rings. The Kier molecular flexibility index (Phi) is 8.92. The van der Waals surface area contributed by atoms with Crippen molar-refractivity contribution in [2.45, 2.75) is 51.5 Å². The summed E-state index contributed by atoms with van der Waals surface area (Å²) in [5, 5.41) is 4.73. The van der Waals surface area contributed by atoms with Gasteiger partial charge in [0.05, 0.1) is 12.2 Å². The molecule has 1 aromatic heterocycles. The minimum atomic E-state index is 0. The standard InChI is InChI=1S/C18H30N4OS.HI/c1-19-18(20-10-7-14-8-11-23-12-9-14)22(2)13-17-21-15-5-3-4-6-16(15)24-17;/h14H,3-13H2,1-2H3,(H,19,20);1H. The van der Waals surface area contributed by atoms with Gasteiger partial charge in [0.25, 0.3) is 0 Å². The monoisotopic (exact) mass is 478 g/mol. The minimum absolute atomic E-state index is 0. The van der Waals surface area contributed by atoms with Crippen LogP contribution in [0.2, 0.25) is 0 Å². The fraction of sp³-hybridized carbons (Fsp3) is 0.778. The summed E-state index contributed by atoms with van der Waals surface area (Å²) in [7, 11) is 3.96.